The van der Waals surface area contributed by atoms with Gasteiger partial charge in [-0.05, 0) is 55.0 Å². The van der Waals surface area contributed by atoms with E-state index < -0.39 is 5.97 Å². The van der Waals surface area contributed by atoms with Gasteiger partial charge < -0.3 is 9.84 Å². The monoisotopic (exact) mass is 350 g/mol. The molecule has 0 fully saturated rings. The maximum absolute atomic E-state index is 12.7. The fraction of sp³-hybridized carbons (Fsp3) is 0.100. The zero-order valence-corrected chi connectivity index (χ0v) is 14.2. The molecular formula is C20H18N2O4. The number of nitrogens with one attached hydrogen (secondary N) is 1. The molecule has 132 valence electrons. The molecule has 3 rings (SSSR count). The van der Waals surface area contributed by atoms with Crippen molar-refractivity contribution in [3.63, 3.8) is 0 Å². The Morgan fingerprint density at radius 2 is 1.85 bits per heavy atom. The molecule has 6 nitrogen and oxygen atoms in total. The smallest absolute Gasteiger partial charge is 0.335 e. The lowest BCUT2D eigenvalue weighted by molar-refractivity contribution is 0.0697. The van der Waals surface area contributed by atoms with Crippen molar-refractivity contribution in [3.8, 4) is 11.4 Å². The van der Waals surface area contributed by atoms with E-state index in [4.69, 9.17) is 9.84 Å². The summed E-state index contributed by atoms with van der Waals surface area (Å²) < 4.78 is 6.75. The molecule has 0 radical (unpaired) electrons. The molecule has 0 unspecified atom stereocenters. The van der Waals surface area contributed by atoms with Crippen LogP contribution in [0.3, 0.4) is 0 Å². The van der Waals surface area contributed by atoms with E-state index in [0.29, 0.717) is 22.9 Å². The van der Waals surface area contributed by atoms with Crippen molar-refractivity contribution in [1.82, 2.24) is 9.78 Å². The van der Waals surface area contributed by atoms with Crippen LogP contribution in [0.4, 0.5) is 0 Å². The summed E-state index contributed by atoms with van der Waals surface area (Å²) in [4.78, 5) is 23.6. The van der Waals surface area contributed by atoms with E-state index in [1.54, 1.807) is 18.2 Å². The quantitative estimate of drug-likeness (QED) is 0.730. The van der Waals surface area contributed by atoms with E-state index in [1.807, 2.05) is 31.2 Å². The van der Waals surface area contributed by atoms with Crippen LogP contribution in [0.15, 0.2) is 53.3 Å². The van der Waals surface area contributed by atoms with Gasteiger partial charge in [0.05, 0.1) is 28.4 Å². The van der Waals surface area contributed by atoms with Crippen LogP contribution >= 0.6 is 0 Å². The number of ether oxygens (including phenoxy) is 1. The molecule has 0 saturated heterocycles. The van der Waals surface area contributed by atoms with Gasteiger partial charge in [0.25, 0.3) is 5.56 Å². The SMILES string of the molecule is C=c1[nH]n(-c2ccc(C(=O)O)cc2)c(=O)/c1=C/c1ccc(OCC)cc1. The van der Waals surface area contributed by atoms with E-state index in [9.17, 15) is 9.59 Å². The highest BCUT2D eigenvalue weighted by atomic mass is 16.5. The van der Waals surface area contributed by atoms with Crippen molar-refractivity contribution < 1.29 is 14.6 Å². The summed E-state index contributed by atoms with van der Waals surface area (Å²) in [6, 6.07) is 13.4. The second-order valence-electron chi connectivity index (χ2n) is 5.64. The molecule has 0 aliphatic carbocycles. The van der Waals surface area contributed by atoms with Gasteiger partial charge in [-0.1, -0.05) is 18.7 Å². The van der Waals surface area contributed by atoms with E-state index in [2.05, 4.69) is 11.7 Å². The predicted octanol–water partition coefficient (Wildman–Crippen LogP) is 1.50. The number of hydrogen-bond acceptors (Lipinski definition) is 3. The van der Waals surface area contributed by atoms with Gasteiger partial charge >= 0.3 is 5.97 Å². The molecule has 3 aromatic rings. The van der Waals surface area contributed by atoms with Crippen LogP contribution in [0.5, 0.6) is 5.75 Å². The first-order chi connectivity index (χ1) is 12.5. The standard InChI is InChI=1S/C20H18N2O4/c1-3-26-17-10-4-14(5-11-17)12-18-13(2)21-22(19(18)23)16-8-6-15(7-9-16)20(24)25/h4-12,21H,2-3H2,1H3,(H,24,25)/b18-12+. The van der Waals surface area contributed by atoms with E-state index in [-0.39, 0.29) is 11.1 Å². The predicted molar refractivity (Wildman–Crippen MR) is 99.3 cm³/mol. The highest BCUT2D eigenvalue weighted by Crippen LogP contribution is 2.12. The molecule has 0 bridgehead atoms. The van der Waals surface area contributed by atoms with Gasteiger partial charge in [0, 0.05) is 0 Å². The molecule has 0 aliphatic rings. The second kappa shape index (κ2) is 7.14. The highest BCUT2D eigenvalue weighted by molar-refractivity contribution is 5.87. The number of aromatic amines is 1. The zero-order chi connectivity index (χ0) is 18.7. The van der Waals surface area contributed by atoms with Crippen molar-refractivity contribution in [2.45, 2.75) is 6.92 Å². The molecule has 2 N–H and O–H groups in total. The minimum Gasteiger partial charge on any atom is -0.494 e. The Kier molecular flexibility index (Phi) is 4.75. The van der Waals surface area contributed by atoms with Gasteiger partial charge in [0.2, 0.25) is 0 Å². The molecule has 1 heterocycles. The normalized spacial score (nSPS) is 11.5. The Morgan fingerprint density at radius 3 is 2.42 bits per heavy atom. The fourth-order valence-electron chi connectivity index (χ4n) is 2.57. The van der Waals surface area contributed by atoms with E-state index >= 15 is 0 Å². The summed E-state index contributed by atoms with van der Waals surface area (Å²) >= 11 is 0. The summed E-state index contributed by atoms with van der Waals surface area (Å²) in [6.07, 6.45) is 1.75. The molecule has 0 atom stereocenters. The minimum atomic E-state index is -1.02. The van der Waals surface area contributed by atoms with Crippen LogP contribution in [0.1, 0.15) is 22.8 Å². The lowest BCUT2D eigenvalue weighted by atomic mass is 10.2. The Hall–Kier alpha value is -3.54. The Morgan fingerprint density at radius 1 is 1.19 bits per heavy atom. The molecule has 2 aromatic carbocycles. The second-order valence-corrected chi connectivity index (χ2v) is 5.64. The van der Waals surface area contributed by atoms with E-state index in [0.717, 1.165) is 11.3 Å². The Bertz CT molecular complexity index is 1090. The number of carboxylic acid groups (broad SMARTS) is 1. The third kappa shape index (κ3) is 3.44. The van der Waals surface area contributed by atoms with Crippen LogP contribution in [0.25, 0.3) is 18.3 Å². The summed E-state index contributed by atoms with van der Waals surface area (Å²) in [7, 11) is 0. The number of benzene rings is 2. The van der Waals surface area contributed by atoms with Gasteiger partial charge in [-0.3, -0.25) is 9.89 Å². The molecule has 0 aliphatic heterocycles. The van der Waals surface area contributed by atoms with Gasteiger partial charge in [-0.2, -0.15) is 0 Å². The third-order valence-electron chi connectivity index (χ3n) is 3.88. The number of nitrogens with zero attached hydrogens (tertiary/aromatic N) is 1. The van der Waals surface area contributed by atoms with Crippen LogP contribution in [0, 0.1) is 0 Å². The molecule has 0 amide bonds. The van der Waals surface area contributed by atoms with Crippen LogP contribution in [0.2, 0.25) is 0 Å². The van der Waals surface area contributed by atoms with Crippen molar-refractivity contribution in [2.24, 2.45) is 0 Å². The topological polar surface area (TPSA) is 84.3 Å². The van der Waals surface area contributed by atoms with Gasteiger partial charge in [-0.15, -0.1) is 0 Å². The van der Waals surface area contributed by atoms with Crippen LogP contribution in [-0.4, -0.2) is 27.5 Å². The number of carbonyl (C=O) groups is 1. The summed E-state index contributed by atoms with van der Waals surface area (Å²) in [6.45, 7) is 6.40. The maximum atomic E-state index is 12.7. The number of H-pyrrole nitrogens is 1. The summed E-state index contributed by atoms with van der Waals surface area (Å²) in [5, 5.41) is 12.8. The van der Waals surface area contributed by atoms with E-state index in [1.165, 1.54) is 16.8 Å². The molecule has 26 heavy (non-hydrogen) atoms. The lowest BCUT2D eigenvalue weighted by Gasteiger charge is -2.02. The number of rotatable bonds is 5. The fourth-order valence-corrected chi connectivity index (χ4v) is 2.57. The maximum Gasteiger partial charge on any atom is 0.335 e. The van der Waals surface area contributed by atoms with Crippen LogP contribution in [-0.2, 0) is 0 Å². The van der Waals surface area contributed by atoms with Crippen molar-refractivity contribution in [3.05, 3.63) is 80.6 Å². The number of aromatic carboxylic acids is 1. The largest absolute Gasteiger partial charge is 0.494 e. The first kappa shape index (κ1) is 17.3. The molecule has 1 aromatic heterocycles. The summed E-state index contributed by atoms with van der Waals surface area (Å²) in [5.74, 6) is -0.248. The Balaban J connectivity index is 2.01. The van der Waals surface area contributed by atoms with Crippen molar-refractivity contribution in [2.75, 3.05) is 6.61 Å². The first-order valence-electron chi connectivity index (χ1n) is 8.08. The van der Waals surface area contributed by atoms with Gasteiger partial charge in [0.1, 0.15) is 5.75 Å². The van der Waals surface area contributed by atoms with Crippen molar-refractivity contribution >= 4 is 18.6 Å². The van der Waals surface area contributed by atoms with Gasteiger partial charge in [0.15, 0.2) is 0 Å². The lowest BCUT2D eigenvalue weighted by Crippen LogP contribution is -2.33. The number of aromatic nitrogens is 2. The highest BCUT2D eigenvalue weighted by Gasteiger charge is 2.07. The molecule has 0 saturated carbocycles. The summed E-state index contributed by atoms with van der Waals surface area (Å²) in [5.41, 5.74) is 1.29. The minimum absolute atomic E-state index is 0.157. The average molecular weight is 350 g/mol. The van der Waals surface area contributed by atoms with Crippen LogP contribution < -0.4 is 20.9 Å². The van der Waals surface area contributed by atoms with Gasteiger partial charge in [-0.25, -0.2) is 9.48 Å². The number of carboxylic acids is 1. The molecule has 0 spiro atoms. The molecule has 6 heteroatoms. The number of hydrogen-bond donors (Lipinski definition) is 2. The molecular weight excluding hydrogens is 332 g/mol. The Labute approximate surface area is 149 Å². The zero-order valence-electron chi connectivity index (χ0n) is 14.2. The third-order valence-corrected chi connectivity index (χ3v) is 3.88. The van der Waals surface area contributed by atoms with Crippen molar-refractivity contribution in [1.29, 1.82) is 0 Å². The average Bonchev–Trinajstić information content (AvgIpc) is 2.92. The first-order valence-corrected chi connectivity index (χ1v) is 8.08.